The van der Waals surface area contributed by atoms with Crippen LogP contribution in [-0.4, -0.2) is 39.8 Å². The highest BCUT2D eigenvalue weighted by Gasteiger charge is 2.28. The molecule has 0 aliphatic heterocycles. The molecule has 5 rings (SSSR count). The van der Waals surface area contributed by atoms with Gasteiger partial charge in [-0.3, -0.25) is 18.9 Å². The lowest BCUT2D eigenvalue weighted by atomic mass is 9.88. The van der Waals surface area contributed by atoms with Crippen LogP contribution >= 0.6 is 0 Å². The summed E-state index contributed by atoms with van der Waals surface area (Å²) in [6.45, 7) is 2.58. The number of H-pyrrole nitrogens is 1. The number of fused-ring (bicyclic) bond motifs is 2. The first-order valence-electron chi connectivity index (χ1n) is 12.7. The number of hydrogen-bond donors (Lipinski definition) is 2. The van der Waals surface area contributed by atoms with Gasteiger partial charge in [0.25, 0.3) is 5.91 Å². The van der Waals surface area contributed by atoms with E-state index in [1.165, 1.54) is 17.4 Å². The zero-order chi connectivity index (χ0) is 24.4. The van der Waals surface area contributed by atoms with Gasteiger partial charge in [0.15, 0.2) is 0 Å². The number of nitrogens with one attached hydrogen (secondary N) is 2. The molecule has 1 saturated carbocycles. The van der Waals surface area contributed by atoms with E-state index in [9.17, 15) is 9.59 Å². The number of anilines is 1. The summed E-state index contributed by atoms with van der Waals surface area (Å²) in [6.07, 6.45) is 10.6. The van der Waals surface area contributed by atoms with Gasteiger partial charge in [-0.05, 0) is 49.4 Å². The Bertz CT molecular complexity index is 1360. The highest BCUT2D eigenvalue weighted by atomic mass is 16.2. The van der Waals surface area contributed by atoms with Crippen LogP contribution in [0.1, 0.15) is 60.6 Å². The second-order valence-electron chi connectivity index (χ2n) is 9.48. The Labute approximate surface area is 205 Å². The summed E-state index contributed by atoms with van der Waals surface area (Å²) >= 11 is 0. The summed E-state index contributed by atoms with van der Waals surface area (Å²) in [5.74, 6) is 0.854. The molecule has 4 aromatic rings. The third kappa shape index (κ3) is 4.55. The molecule has 0 atom stereocenters. The average molecular weight is 472 g/mol. The summed E-state index contributed by atoms with van der Waals surface area (Å²) in [5, 5.41) is 4.23. The molecule has 182 valence electrons. The van der Waals surface area contributed by atoms with Crippen LogP contribution in [0.15, 0.2) is 48.8 Å². The van der Waals surface area contributed by atoms with Crippen LogP contribution < -0.4 is 10.2 Å². The van der Waals surface area contributed by atoms with E-state index in [-0.39, 0.29) is 17.7 Å². The van der Waals surface area contributed by atoms with Crippen molar-refractivity contribution >= 4 is 34.2 Å². The third-order valence-electron chi connectivity index (χ3n) is 7.22. The quantitative estimate of drug-likeness (QED) is 0.402. The number of aromatic nitrogens is 3. The number of hydrogen-bond acceptors (Lipinski definition) is 3. The van der Waals surface area contributed by atoms with E-state index in [4.69, 9.17) is 4.98 Å². The minimum atomic E-state index is -0.134. The number of aryl methyl sites for hydroxylation is 1. The fourth-order valence-corrected chi connectivity index (χ4v) is 5.29. The molecule has 0 spiro atoms. The van der Waals surface area contributed by atoms with Crippen LogP contribution in [0.3, 0.4) is 0 Å². The Balaban J connectivity index is 1.34. The normalized spacial score (nSPS) is 14.5. The molecular weight excluding hydrogens is 438 g/mol. The minimum absolute atomic E-state index is 0.0694. The lowest BCUT2D eigenvalue weighted by Crippen LogP contribution is -2.35. The molecule has 2 amide bonds. The zero-order valence-electron chi connectivity index (χ0n) is 20.5. The summed E-state index contributed by atoms with van der Waals surface area (Å²) in [5.41, 5.74) is 4.45. The Morgan fingerprint density at radius 1 is 1.14 bits per heavy atom. The van der Waals surface area contributed by atoms with E-state index in [0.717, 1.165) is 54.8 Å². The summed E-state index contributed by atoms with van der Waals surface area (Å²) in [7, 11) is 1.84. The zero-order valence-corrected chi connectivity index (χ0v) is 20.5. The number of rotatable bonds is 7. The van der Waals surface area contributed by atoms with Crippen molar-refractivity contribution < 1.29 is 9.59 Å². The molecule has 35 heavy (non-hydrogen) atoms. The van der Waals surface area contributed by atoms with Crippen LogP contribution in [-0.2, 0) is 17.6 Å². The molecule has 1 fully saturated rings. The summed E-state index contributed by atoms with van der Waals surface area (Å²) in [4.78, 5) is 36.0. The molecule has 1 aliphatic rings. The maximum absolute atomic E-state index is 13.3. The largest absolute Gasteiger partial charge is 0.361 e. The van der Waals surface area contributed by atoms with Crippen molar-refractivity contribution in [1.82, 2.24) is 19.7 Å². The average Bonchev–Trinajstić information content (AvgIpc) is 3.49. The number of imidazole rings is 1. The lowest BCUT2D eigenvalue weighted by molar-refractivity contribution is -0.123. The second-order valence-corrected chi connectivity index (χ2v) is 9.48. The number of carbonyl (C=O) groups excluding carboxylic acids is 2. The highest BCUT2D eigenvalue weighted by molar-refractivity contribution is 5.96. The minimum Gasteiger partial charge on any atom is -0.361 e. The number of amides is 2. The van der Waals surface area contributed by atoms with Gasteiger partial charge in [0, 0.05) is 42.8 Å². The van der Waals surface area contributed by atoms with E-state index in [0.29, 0.717) is 18.5 Å². The molecular formula is C28H33N5O2. The van der Waals surface area contributed by atoms with Crippen LogP contribution in [0.5, 0.6) is 0 Å². The van der Waals surface area contributed by atoms with E-state index in [1.807, 2.05) is 49.0 Å². The Hall–Kier alpha value is -3.61. The molecule has 3 aromatic heterocycles. The molecule has 2 N–H and O–H groups in total. The van der Waals surface area contributed by atoms with Crippen molar-refractivity contribution in [3.8, 4) is 0 Å². The van der Waals surface area contributed by atoms with Gasteiger partial charge in [0.1, 0.15) is 11.5 Å². The fourth-order valence-electron chi connectivity index (χ4n) is 5.29. The van der Waals surface area contributed by atoms with Crippen LogP contribution in [0.2, 0.25) is 0 Å². The molecule has 1 aliphatic carbocycles. The maximum atomic E-state index is 13.3. The maximum Gasteiger partial charge on any atom is 0.252 e. The second kappa shape index (κ2) is 9.94. The molecule has 0 saturated heterocycles. The summed E-state index contributed by atoms with van der Waals surface area (Å²) in [6, 6.07) is 11.8. The number of benzene rings is 1. The Morgan fingerprint density at radius 2 is 1.94 bits per heavy atom. The predicted octanol–water partition coefficient (Wildman–Crippen LogP) is 4.89. The number of nitrogens with zero attached hydrogens (tertiary/aromatic N) is 3. The molecule has 3 heterocycles. The van der Waals surface area contributed by atoms with Crippen molar-refractivity contribution in [3.05, 3.63) is 65.6 Å². The van der Waals surface area contributed by atoms with Crippen molar-refractivity contribution in [1.29, 1.82) is 0 Å². The topological polar surface area (TPSA) is 82.5 Å². The number of aromatic amines is 1. The van der Waals surface area contributed by atoms with Gasteiger partial charge in [-0.2, -0.15) is 0 Å². The fraction of sp³-hybridized carbons (Fsp3) is 0.393. The van der Waals surface area contributed by atoms with Crippen LogP contribution in [0.4, 0.5) is 5.82 Å². The van der Waals surface area contributed by atoms with Gasteiger partial charge in [-0.25, -0.2) is 4.98 Å². The smallest absolute Gasteiger partial charge is 0.252 e. The molecule has 0 unspecified atom stereocenters. The SMILES string of the molecule is CCc1nc2ccc(C(=O)NCCc3c[nH]c4ccccc34)cn2c1N(C)C(=O)C1CCCCC1. The number of pyridine rings is 1. The van der Waals surface area contributed by atoms with E-state index < -0.39 is 0 Å². The van der Waals surface area contributed by atoms with Crippen LogP contribution in [0.25, 0.3) is 16.6 Å². The van der Waals surface area contributed by atoms with Crippen molar-refractivity contribution in [3.63, 3.8) is 0 Å². The van der Waals surface area contributed by atoms with Gasteiger partial charge in [0.05, 0.1) is 11.3 Å². The molecule has 0 bridgehead atoms. The standard InChI is InChI=1S/C28H33N5O2/c1-3-23-27(32(2)28(35)19-9-5-4-6-10-19)33-18-21(13-14-25(33)31-23)26(34)29-16-15-20-17-30-24-12-8-7-11-22(20)24/h7-8,11-14,17-19,30H,3-6,9-10,15-16H2,1-2H3,(H,29,34). The van der Waals surface area contributed by atoms with E-state index in [1.54, 1.807) is 11.0 Å². The summed E-state index contributed by atoms with van der Waals surface area (Å²) < 4.78 is 1.90. The van der Waals surface area contributed by atoms with E-state index >= 15 is 0 Å². The van der Waals surface area contributed by atoms with Gasteiger partial charge in [-0.15, -0.1) is 0 Å². The lowest BCUT2D eigenvalue weighted by Gasteiger charge is -2.26. The van der Waals surface area contributed by atoms with Crippen molar-refractivity contribution in [2.24, 2.45) is 5.92 Å². The number of para-hydroxylation sites is 1. The molecule has 7 nitrogen and oxygen atoms in total. The number of carbonyl (C=O) groups is 2. The van der Waals surface area contributed by atoms with Gasteiger partial charge >= 0.3 is 0 Å². The van der Waals surface area contributed by atoms with Crippen molar-refractivity contribution in [2.45, 2.75) is 51.9 Å². The third-order valence-corrected chi connectivity index (χ3v) is 7.22. The molecule has 1 aromatic carbocycles. The first kappa shape index (κ1) is 23.1. The van der Waals surface area contributed by atoms with Gasteiger partial charge in [-0.1, -0.05) is 44.4 Å². The highest BCUT2D eigenvalue weighted by Crippen LogP contribution is 2.29. The van der Waals surface area contributed by atoms with E-state index in [2.05, 4.69) is 22.4 Å². The first-order chi connectivity index (χ1) is 17.1. The molecule has 7 heteroatoms. The molecule has 0 radical (unpaired) electrons. The van der Waals surface area contributed by atoms with Crippen LogP contribution in [0, 0.1) is 5.92 Å². The van der Waals surface area contributed by atoms with Crippen molar-refractivity contribution in [2.75, 3.05) is 18.5 Å². The Kier molecular flexibility index (Phi) is 6.57. The predicted molar refractivity (Wildman–Crippen MR) is 139 cm³/mol. The first-order valence-corrected chi connectivity index (χ1v) is 12.7. The Morgan fingerprint density at radius 3 is 2.74 bits per heavy atom. The van der Waals surface area contributed by atoms with Gasteiger partial charge in [0.2, 0.25) is 5.91 Å². The monoisotopic (exact) mass is 471 g/mol. The van der Waals surface area contributed by atoms with Gasteiger partial charge < -0.3 is 10.3 Å².